The number of halogens is 1. The van der Waals surface area contributed by atoms with Crippen LogP contribution in [-0.4, -0.2) is 12.2 Å². The van der Waals surface area contributed by atoms with Crippen molar-refractivity contribution in [3.8, 4) is 0 Å². The summed E-state index contributed by atoms with van der Waals surface area (Å²) in [4.78, 5) is 21.3. The van der Waals surface area contributed by atoms with Gasteiger partial charge < -0.3 is 5.32 Å². The number of carbonyl (C=O) groups excluding carboxylic acids is 2. The average molecular weight is 198 g/mol. The topological polar surface area (TPSA) is 46.2 Å². The molecule has 0 bridgehead atoms. The summed E-state index contributed by atoms with van der Waals surface area (Å²) in [5.74, 6) is -0.231. The molecule has 3 nitrogen and oxygen atoms in total. The Labute approximate surface area is 80.7 Å². The molecule has 13 heavy (non-hydrogen) atoms. The van der Waals surface area contributed by atoms with E-state index in [4.69, 9.17) is 11.6 Å². The number of hydrogen-bond acceptors (Lipinski definition) is 2. The van der Waals surface area contributed by atoms with Crippen LogP contribution in [0, 0.1) is 0 Å². The average Bonchev–Trinajstić information content (AvgIpc) is 2.03. The van der Waals surface area contributed by atoms with Gasteiger partial charge in [-0.2, -0.15) is 0 Å². The van der Waals surface area contributed by atoms with Gasteiger partial charge in [-0.05, 0) is 12.1 Å². The van der Waals surface area contributed by atoms with Gasteiger partial charge >= 0.3 is 0 Å². The minimum Gasteiger partial charge on any atom is -0.326 e. The molecule has 0 aliphatic rings. The summed E-state index contributed by atoms with van der Waals surface area (Å²) < 4.78 is 0. The molecule has 0 aliphatic carbocycles. The monoisotopic (exact) mass is 197 g/mol. The first-order valence-electron chi connectivity index (χ1n) is 3.66. The number of hydrogen-bond donors (Lipinski definition) is 1. The maximum absolute atomic E-state index is 10.7. The van der Waals surface area contributed by atoms with E-state index >= 15 is 0 Å². The Morgan fingerprint density at radius 2 is 2.23 bits per heavy atom. The molecule has 1 amide bonds. The lowest BCUT2D eigenvalue weighted by molar-refractivity contribution is -0.114. The van der Waals surface area contributed by atoms with Gasteiger partial charge in [-0.15, -0.1) is 0 Å². The smallest absolute Gasteiger partial charge is 0.221 e. The van der Waals surface area contributed by atoms with Crippen molar-refractivity contribution in [3.63, 3.8) is 0 Å². The molecule has 1 aromatic rings. The quantitative estimate of drug-likeness (QED) is 0.739. The Morgan fingerprint density at radius 3 is 2.77 bits per heavy atom. The molecule has 0 fully saturated rings. The zero-order valence-electron chi connectivity index (χ0n) is 7.00. The lowest BCUT2D eigenvalue weighted by Crippen LogP contribution is -2.07. The van der Waals surface area contributed by atoms with Crippen LogP contribution in [0.4, 0.5) is 5.69 Å². The third-order valence-corrected chi connectivity index (χ3v) is 1.81. The number of benzene rings is 1. The molecule has 0 saturated heterocycles. The molecule has 0 heterocycles. The van der Waals surface area contributed by atoms with Crippen LogP contribution in [-0.2, 0) is 4.79 Å². The molecule has 0 spiro atoms. The zero-order chi connectivity index (χ0) is 9.84. The van der Waals surface area contributed by atoms with Crippen LogP contribution in [0.2, 0.25) is 5.02 Å². The van der Waals surface area contributed by atoms with E-state index in [-0.39, 0.29) is 5.91 Å². The van der Waals surface area contributed by atoms with Crippen LogP contribution in [0.15, 0.2) is 18.2 Å². The Balaban J connectivity index is 3.12. The number of aldehydes is 1. The third kappa shape index (κ3) is 2.29. The van der Waals surface area contributed by atoms with Crippen molar-refractivity contribution in [1.82, 2.24) is 0 Å². The maximum Gasteiger partial charge on any atom is 0.221 e. The van der Waals surface area contributed by atoms with Crippen LogP contribution in [0.25, 0.3) is 0 Å². The van der Waals surface area contributed by atoms with Gasteiger partial charge in [-0.3, -0.25) is 9.59 Å². The van der Waals surface area contributed by atoms with Crippen molar-refractivity contribution in [3.05, 3.63) is 28.8 Å². The molecule has 0 aromatic heterocycles. The Hall–Kier alpha value is -1.35. The highest BCUT2D eigenvalue weighted by atomic mass is 35.5. The van der Waals surface area contributed by atoms with E-state index < -0.39 is 0 Å². The molecule has 1 aromatic carbocycles. The molecular formula is C9H8ClNO2. The Kier molecular flexibility index (Phi) is 3.03. The Morgan fingerprint density at radius 1 is 1.54 bits per heavy atom. The van der Waals surface area contributed by atoms with Crippen molar-refractivity contribution in [1.29, 1.82) is 0 Å². The van der Waals surface area contributed by atoms with E-state index in [0.29, 0.717) is 22.6 Å². The fourth-order valence-electron chi connectivity index (χ4n) is 0.955. The van der Waals surface area contributed by atoms with Crippen molar-refractivity contribution >= 4 is 29.5 Å². The van der Waals surface area contributed by atoms with Crippen molar-refractivity contribution < 1.29 is 9.59 Å². The molecule has 1 rings (SSSR count). The molecule has 0 unspecified atom stereocenters. The lowest BCUT2D eigenvalue weighted by Gasteiger charge is -2.05. The van der Waals surface area contributed by atoms with E-state index in [2.05, 4.69) is 5.32 Å². The number of rotatable bonds is 2. The zero-order valence-corrected chi connectivity index (χ0v) is 7.76. The first kappa shape index (κ1) is 9.74. The minimum absolute atomic E-state index is 0.231. The highest BCUT2D eigenvalue weighted by Crippen LogP contribution is 2.21. The van der Waals surface area contributed by atoms with E-state index in [0.717, 1.165) is 0 Å². The summed E-state index contributed by atoms with van der Waals surface area (Å²) in [6.07, 6.45) is 0.619. The van der Waals surface area contributed by atoms with Gasteiger partial charge in [0.05, 0.1) is 16.3 Å². The highest BCUT2D eigenvalue weighted by Gasteiger charge is 2.06. The van der Waals surface area contributed by atoms with Gasteiger partial charge in [0.2, 0.25) is 5.91 Å². The van der Waals surface area contributed by atoms with Gasteiger partial charge in [0, 0.05) is 6.92 Å². The maximum atomic E-state index is 10.7. The molecule has 1 N–H and O–H groups in total. The van der Waals surface area contributed by atoms with Crippen LogP contribution >= 0.6 is 11.6 Å². The van der Waals surface area contributed by atoms with E-state index in [1.54, 1.807) is 18.2 Å². The summed E-state index contributed by atoms with van der Waals surface area (Å²) in [7, 11) is 0. The van der Waals surface area contributed by atoms with E-state index in [1.165, 1.54) is 6.92 Å². The molecule has 0 radical (unpaired) electrons. The van der Waals surface area contributed by atoms with Gasteiger partial charge in [-0.1, -0.05) is 17.7 Å². The number of anilines is 1. The van der Waals surface area contributed by atoms with Gasteiger partial charge in [0.15, 0.2) is 6.29 Å². The second kappa shape index (κ2) is 4.05. The van der Waals surface area contributed by atoms with Gasteiger partial charge in [-0.25, -0.2) is 0 Å². The lowest BCUT2D eigenvalue weighted by atomic mass is 10.2. The van der Waals surface area contributed by atoms with E-state index in [1.807, 2.05) is 0 Å². The summed E-state index contributed by atoms with van der Waals surface area (Å²) in [5.41, 5.74) is 0.745. The van der Waals surface area contributed by atoms with Crippen molar-refractivity contribution in [2.45, 2.75) is 6.92 Å². The second-order valence-corrected chi connectivity index (χ2v) is 2.91. The standard InChI is InChI=1S/C9H8ClNO2/c1-6(13)11-9-4-2-3-8(10)7(9)5-12/h2-5H,1H3,(H,11,13). The van der Waals surface area contributed by atoms with Crippen molar-refractivity contribution in [2.24, 2.45) is 0 Å². The van der Waals surface area contributed by atoms with Crippen LogP contribution in [0.1, 0.15) is 17.3 Å². The summed E-state index contributed by atoms with van der Waals surface area (Å²) in [5, 5.41) is 2.85. The molecular weight excluding hydrogens is 190 g/mol. The largest absolute Gasteiger partial charge is 0.326 e. The Bertz CT molecular complexity index is 349. The fourth-order valence-corrected chi connectivity index (χ4v) is 1.17. The third-order valence-electron chi connectivity index (χ3n) is 1.48. The fraction of sp³-hybridized carbons (Fsp3) is 0.111. The number of amides is 1. The van der Waals surface area contributed by atoms with Crippen LogP contribution < -0.4 is 5.32 Å². The molecule has 68 valence electrons. The summed E-state index contributed by atoms with van der Waals surface area (Å²) in [6, 6.07) is 4.88. The second-order valence-electron chi connectivity index (χ2n) is 2.50. The SMILES string of the molecule is CC(=O)Nc1cccc(Cl)c1C=O. The normalized spacial score (nSPS) is 9.38. The predicted molar refractivity (Wildman–Crippen MR) is 51.1 cm³/mol. The molecule has 0 atom stereocenters. The van der Waals surface area contributed by atoms with Gasteiger partial charge in [0.25, 0.3) is 0 Å². The first-order valence-corrected chi connectivity index (χ1v) is 4.04. The highest BCUT2D eigenvalue weighted by molar-refractivity contribution is 6.33. The number of nitrogens with one attached hydrogen (secondary N) is 1. The molecule has 4 heteroatoms. The molecule has 0 aliphatic heterocycles. The van der Waals surface area contributed by atoms with E-state index in [9.17, 15) is 9.59 Å². The molecule has 0 saturated carbocycles. The first-order chi connectivity index (χ1) is 6.15. The van der Waals surface area contributed by atoms with Crippen molar-refractivity contribution in [2.75, 3.05) is 5.32 Å². The number of carbonyl (C=O) groups is 2. The van der Waals surface area contributed by atoms with Gasteiger partial charge in [0.1, 0.15) is 0 Å². The van der Waals surface area contributed by atoms with Crippen LogP contribution in [0.3, 0.4) is 0 Å². The van der Waals surface area contributed by atoms with Crippen LogP contribution in [0.5, 0.6) is 0 Å². The minimum atomic E-state index is -0.231. The predicted octanol–water partition coefficient (Wildman–Crippen LogP) is 2.11. The summed E-state index contributed by atoms with van der Waals surface area (Å²) >= 11 is 5.73. The summed E-state index contributed by atoms with van der Waals surface area (Å²) in [6.45, 7) is 1.37.